The number of nitrogens with zero attached hydrogens (tertiary/aromatic N) is 4. The first-order valence-electron chi connectivity index (χ1n) is 9.63. The van der Waals surface area contributed by atoms with Crippen molar-refractivity contribution in [1.82, 2.24) is 24.8 Å². The summed E-state index contributed by atoms with van der Waals surface area (Å²) in [7, 11) is 0. The second-order valence-electron chi connectivity index (χ2n) is 7.62. The van der Waals surface area contributed by atoms with Crippen molar-refractivity contribution in [3.63, 3.8) is 0 Å². The maximum Gasteiger partial charge on any atom is 0.170 e. The molecule has 0 spiro atoms. The number of rotatable bonds is 5. The molecule has 1 N–H and O–H groups in total. The van der Waals surface area contributed by atoms with Crippen LogP contribution >= 0.6 is 12.2 Å². The molecular weight excluding hydrogens is 366 g/mol. The normalized spacial score (nSPS) is 19.3. The fourth-order valence-corrected chi connectivity index (χ4v) is 4.26. The van der Waals surface area contributed by atoms with Gasteiger partial charge in [-0.25, -0.2) is 0 Å². The minimum atomic E-state index is -0.00262. The van der Waals surface area contributed by atoms with Crippen molar-refractivity contribution in [3.8, 4) is 5.69 Å². The lowest BCUT2D eigenvalue weighted by atomic mass is 10.0. The Morgan fingerprint density at radius 1 is 1.11 bits per heavy atom. The Hall–Kier alpha value is -2.73. The summed E-state index contributed by atoms with van der Waals surface area (Å²) in [5, 5.41) is 4.31. The highest BCUT2D eigenvalue weighted by atomic mass is 32.1. The van der Waals surface area contributed by atoms with Crippen molar-refractivity contribution in [1.29, 1.82) is 0 Å². The maximum absolute atomic E-state index is 5.75. The molecule has 1 aliphatic rings. The van der Waals surface area contributed by atoms with Crippen LogP contribution in [-0.2, 0) is 0 Å². The monoisotopic (exact) mass is 391 g/mol. The fraction of sp³-hybridized carbons (Fsp3) is 0.318. The van der Waals surface area contributed by atoms with Crippen LogP contribution in [0.3, 0.4) is 0 Å². The van der Waals surface area contributed by atoms with Gasteiger partial charge in [0.05, 0.1) is 29.7 Å². The molecule has 2 atom stereocenters. The zero-order valence-corrected chi connectivity index (χ0v) is 17.2. The van der Waals surface area contributed by atoms with Crippen LogP contribution in [0.2, 0.25) is 0 Å². The van der Waals surface area contributed by atoms with E-state index in [1.54, 1.807) is 6.20 Å². The van der Waals surface area contributed by atoms with E-state index in [1.165, 1.54) is 11.4 Å². The molecule has 0 unspecified atom stereocenters. The third-order valence-corrected chi connectivity index (χ3v) is 5.43. The van der Waals surface area contributed by atoms with E-state index in [1.807, 2.05) is 30.6 Å². The van der Waals surface area contributed by atoms with Crippen molar-refractivity contribution in [3.05, 3.63) is 78.1 Å². The van der Waals surface area contributed by atoms with Gasteiger partial charge in [-0.2, -0.15) is 0 Å². The van der Waals surface area contributed by atoms with E-state index in [9.17, 15) is 0 Å². The lowest BCUT2D eigenvalue weighted by molar-refractivity contribution is 0.280. The average Bonchev–Trinajstić information content (AvgIpc) is 3.23. The van der Waals surface area contributed by atoms with E-state index in [0.29, 0.717) is 5.92 Å². The molecule has 1 fully saturated rings. The number of hydrogen-bond acceptors (Lipinski definition) is 3. The summed E-state index contributed by atoms with van der Waals surface area (Å²) in [4.78, 5) is 11.3. The highest BCUT2D eigenvalue weighted by molar-refractivity contribution is 7.80. The second kappa shape index (κ2) is 7.72. The summed E-state index contributed by atoms with van der Waals surface area (Å²) in [6.07, 6.45) is 5.55. The summed E-state index contributed by atoms with van der Waals surface area (Å²) in [6, 6.07) is 14.5. The van der Waals surface area contributed by atoms with Crippen molar-refractivity contribution in [2.24, 2.45) is 5.92 Å². The highest BCUT2D eigenvalue weighted by Gasteiger charge is 2.41. The highest BCUT2D eigenvalue weighted by Crippen LogP contribution is 2.40. The number of thiocarbonyl (C=S) groups is 1. The molecule has 1 saturated heterocycles. The quantitative estimate of drug-likeness (QED) is 0.661. The summed E-state index contributed by atoms with van der Waals surface area (Å²) in [6.45, 7) is 7.45. The van der Waals surface area contributed by atoms with Crippen LogP contribution < -0.4 is 5.32 Å². The van der Waals surface area contributed by atoms with E-state index in [-0.39, 0.29) is 12.1 Å². The Morgan fingerprint density at radius 3 is 2.64 bits per heavy atom. The molecule has 0 amide bonds. The molecule has 1 aliphatic heterocycles. The van der Waals surface area contributed by atoms with E-state index < -0.39 is 0 Å². The molecule has 144 valence electrons. The summed E-state index contributed by atoms with van der Waals surface area (Å²) in [5.41, 5.74) is 4.42. The van der Waals surface area contributed by atoms with Gasteiger partial charge >= 0.3 is 0 Å². The standard InChI is InChI=1S/C22H25N5S/c1-15(2)14-26-21(20(25-22(26)28)18-8-4-5-12-24-18)19-10-9-16(3)27(19)17-7-6-11-23-13-17/h4-13,15,20-21H,14H2,1-3H3,(H,25,28)/t20-,21+/m0/s1. The molecule has 5 nitrogen and oxygen atoms in total. The molecule has 4 rings (SSSR count). The first kappa shape index (κ1) is 18.6. The van der Waals surface area contributed by atoms with Crippen molar-refractivity contribution in [2.75, 3.05) is 6.54 Å². The summed E-state index contributed by atoms with van der Waals surface area (Å²) >= 11 is 5.75. The molecule has 6 heteroatoms. The van der Waals surface area contributed by atoms with Gasteiger partial charge in [-0.1, -0.05) is 19.9 Å². The van der Waals surface area contributed by atoms with Gasteiger partial charge in [-0.15, -0.1) is 0 Å². The van der Waals surface area contributed by atoms with Gasteiger partial charge in [0, 0.05) is 30.3 Å². The van der Waals surface area contributed by atoms with Gasteiger partial charge in [0.25, 0.3) is 0 Å². The minimum Gasteiger partial charge on any atom is -0.352 e. The Kier molecular flexibility index (Phi) is 5.13. The van der Waals surface area contributed by atoms with Gasteiger partial charge < -0.3 is 14.8 Å². The molecule has 3 aromatic heterocycles. The Labute approximate surface area is 171 Å². The van der Waals surface area contributed by atoms with Crippen LogP contribution in [0.4, 0.5) is 0 Å². The lowest BCUT2D eigenvalue weighted by Gasteiger charge is -2.30. The van der Waals surface area contributed by atoms with Crippen LogP contribution in [0.15, 0.2) is 61.1 Å². The number of aryl methyl sites for hydroxylation is 1. The van der Waals surface area contributed by atoms with Crippen molar-refractivity contribution >= 4 is 17.3 Å². The number of pyridine rings is 2. The fourth-order valence-electron chi connectivity index (χ4n) is 3.95. The molecule has 28 heavy (non-hydrogen) atoms. The van der Waals surface area contributed by atoms with Crippen LogP contribution in [0.5, 0.6) is 0 Å². The van der Waals surface area contributed by atoms with E-state index in [2.05, 4.69) is 69.8 Å². The molecule has 0 aromatic carbocycles. The third kappa shape index (κ3) is 3.40. The van der Waals surface area contributed by atoms with Crippen LogP contribution in [0.25, 0.3) is 5.69 Å². The Balaban J connectivity index is 1.85. The summed E-state index contributed by atoms with van der Waals surface area (Å²) < 4.78 is 2.27. The first-order chi connectivity index (χ1) is 13.6. The van der Waals surface area contributed by atoms with Crippen LogP contribution in [0, 0.1) is 12.8 Å². The smallest absolute Gasteiger partial charge is 0.170 e. The lowest BCUT2D eigenvalue weighted by Crippen LogP contribution is -2.33. The molecule has 0 radical (unpaired) electrons. The van der Waals surface area contributed by atoms with E-state index in [0.717, 1.165) is 23.0 Å². The molecule has 0 saturated carbocycles. The van der Waals surface area contributed by atoms with Crippen molar-refractivity contribution in [2.45, 2.75) is 32.9 Å². The average molecular weight is 392 g/mol. The van der Waals surface area contributed by atoms with Crippen LogP contribution in [0.1, 0.15) is 43.0 Å². The predicted molar refractivity (Wildman–Crippen MR) is 115 cm³/mol. The number of nitrogens with one attached hydrogen (secondary N) is 1. The van der Waals surface area contributed by atoms with Gasteiger partial charge in [0.2, 0.25) is 0 Å². The van der Waals surface area contributed by atoms with Gasteiger partial charge in [0.1, 0.15) is 0 Å². The third-order valence-electron chi connectivity index (χ3n) is 5.07. The molecule has 3 aromatic rings. The predicted octanol–water partition coefficient (Wildman–Crippen LogP) is 4.20. The zero-order valence-electron chi connectivity index (χ0n) is 16.4. The number of hydrogen-bond donors (Lipinski definition) is 1. The molecule has 0 aliphatic carbocycles. The van der Waals surface area contributed by atoms with E-state index >= 15 is 0 Å². The van der Waals surface area contributed by atoms with Gasteiger partial charge in [-0.3, -0.25) is 9.97 Å². The van der Waals surface area contributed by atoms with Gasteiger partial charge in [-0.05, 0) is 61.5 Å². The Morgan fingerprint density at radius 2 is 1.96 bits per heavy atom. The topological polar surface area (TPSA) is 46.0 Å². The maximum atomic E-state index is 5.75. The molecule has 4 heterocycles. The second-order valence-corrected chi connectivity index (χ2v) is 8.01. The molecule has 0 bridgehead atoms. The van der Waals surface area contributed by atoms with E-state index in [4.69, 9.17) is 12.2 Å². The molecular formula is C22H25N5S. The largest absolute Gasteiger partial charge is 0.352 e. The zero-order chi connectivity index (χ0) is 19.7. The SMILES string of the molecule is Cc1ccc([C@@H]2[C@H](c3ccccn3)NC(=S)N2CC(C)C)n1-c1cccnc1. The van der Waals surface area contributed by atoms with Gasteiger partial charge in [0.15, 0.2) is 5.11 Å². The summed E-state index contributed by atoms with van der Waals surface area (Å²) in [5.74, 6) is 0.493. The van der Waals surface area contributed by atoms with Crippen LogP contribution in [-0.4, -0.2) is 31.1 Å². The number of aromatic nitrogens is 3. The first-order valence-corrected chi connectivity index (χ1v) is 10.0. The Bertz CT molecular complexity index is 952. The minimum absolute atomic E-state index is 0.00262. The van der Waals surface area contributed by atoms with Crippen molar-refractivity contribution < 1.29 is 0 Å².